The number of hydroxylamine groups is 2. The molecule has 3 heterocycles. The molecule has 0 bridgehead atoms. The quantitative estimate of drug-likeness (QED) is 0.718. The molecular formula is C17H15N4O3-. The summed E-state index contributed by atoms with van der Waals surface area (Å²) in [7, 11) is 0. The Morgan fingerprint density at radius 2 is 1.79 bits per heavy atom. The van der Waals surface area contributed by atoms with Gasteiger partial charge in [0.15, 0.2) is 5.58 Å². The van der Waals surface area contributed by atoms with Crippen molar-refractivity contribution in [3.8, 4) is 11.6 Å². The number of carbonyl (C=O) groups is 1. The lowest BCUT2D eigenvalue weighted by Gasteiger charge is -2.38. The molecule has 0 atom stereocenters. The molecule has 1 aliphatic rings. The third-order valence-corrected chi connectivity index (χ3v) is 4.01. The Morgan fingerprint density at radius 1 is 1.00 bits per heavy atom. The van der Waals surface area contributed by atoms with E-state index >= 15 is 0 Å². The van der Waals surface area contributed by atoms with Crippen LogP contribution in [0, 0.1) is 5.21 Å². The molecule has 1 saturated heterocycles. The van der Waals surface area contributed by atoms with Gasteiger partial charge in [-0.15, -0.1) is 0 Å². The van der Waals surface area contributed by atoms with Crippen LogP contribution in [0.3, 0.4) is 0 Å². The molecule has 0 spiro atoms. The maximum absolute atomic E-state index is 12.6. The third-order valence-electron chi connectivity index (χ3n) is 4.01. The fraction of sp³-hybridized carbons (Fsp3) is 0.235. The van der Waals surface area contributed by atoms with Gasteiger partial charge in [-0.3, -0.25) is 4.79 Å². The molecule has 0 saturated carbocycles. The van der Waals surface area contributed by atoms with Gasteiger partial charge in [-0.05, 0) is 24.3 Å². The molecule has 1 aliphatic heterocycles. The largest absolute Gasteiger partial charge is 0.785 e. The highest BCUT2D eigenvalue weighted by molar-refractivity contribution is 5.93. The molecule has 7 nitrogen and oxygen atoms in total. The summed E-state index contributed by atoms with van der Waals surface area (Å²) in [6.07, 6.45) is 0. The predicted molar refractivity (Wildman–Crippen MR) is 88.1 cm³/mol. The molecule has 0 N–H and O–H groups in total. The standard InChI is InChI=1S/C17H15N4O3/c22-17(20-8-10-21(23)11-9-20)14-6-3-5-13(18-14)16-19-12-4-1-2-7-15(12)24-16/h1-7H,8-11H2/q-1. The molecule has 2 aromatic heterocycles. The lowest BCUT2D eigenvalue weighted by atomic mass is 10.2. The van der Waals surface area contributed by atoms with Crippen LogP contribution < -0.4 is 0 Å². The van der Waals surface area contributed by atoms with Gasteiger partial charge in [0.2, 0.25) is 5.89 Å². The van der Waals surface area contributed by atoms with E-state index in [0.717, 1.165) is 10.6 Å². The van der Waals surface area contributed by atoms with Crippen molar-refractivity contribution in [2.24, 2.45) is 0 Å². The van der Waals surface area contributed by atoms with Gasteiger partial charge in [-0.1, -0.05) is 18.2 Å². The van der Waals surface area contributed by atoms with E-state index < -0.39 is 0 Å². The van der Waals surface area contributed by atoms with Crippen LogP contribution in [-0.4, -0.2) is 52.0 Å². The maximum atomic E-state index is 12.6. The number of carbonyl (C=O) groups excluding carboxylic acids is 1. The minimum absolute atomic E-state index is 0.180. The van der Waals surface area contributed by atoms with Crippen LogP contribution in [0.2, 0.25) is 0 Å². The van der Waals surface area contributed by atoms with E-state index in [0.29, 0.717) is 49.0 Å². The Morgan fingerprint density at radius 3 is 2.58 bits per heavy atom. The minimum atomic E-state index is -0.180. The van der Waals surface area contributed by atoms with Crippen molar-refractivity contribution in [1.29, 1.82) is 0 Å². The molecule has 7 heteroatoms. The van der Waals surface area contributed by atoms with Crippen LogP contribution in [0.4, 0.5) is 0 Å². The second-order valence-corrected chi connectivity index (χ2v) is 5.62. The van der Waals surface area contributed by atoms with Gasteiger partial charge >= 0.3 is 0 Å². The highest BCUT2D eigenvalue weighted by Gasteiger charge is 2.21. The van der Waals surface area contributed by atoms with E-state index in [2.05, 4.69) is 9.97 Å². The van der Waals surface area contributed by atoms with Crippen molar-refractivity contribution in [3.63, 3.8) is 0 Å². The average molecular weight is 323 g/mol. The number of hydrogen-bond acceptors (Lipinski definition) is 6. The van der Waals surface area contributed by atoms with Crippen LogP contribution in [-0.2, 0) is 0 Å². The molecule has 24 heavy (non-hydrogen) atoms. The SMILES string of the molecule is O=C(c1cccc(-c2nc3ccccc3o2)n1)N1CCN([O-])CC1. The predicted octanol–water partition coefficient (Wildman–Crippen LogP) is 2.15. The van der Waals surface area contributed by atoms with E-state index in [1.807, 2.05) is 24.3 Å². The summed E-state index contributed by atoms with van der Waals surface area (Å²) in [5.41, 5.74) is 2.27. The zero-order chi connectivity index (χ0) is 16.5. The Hall–Kier alpha value is -2.77. The zero-order valence-electron chi connectivity index (χ0n) is 12.9. The van der Waals surface area contributed by atoms with Crippen LogP contribution in [0.1, 0.15) is 10.5 Å². The Bertz CT molecular complexity index is 851. The summed E-state index contributed by atoms with van der Waals surface area (Å²) in [5.74, 6) is 0.205. The first kappa shape index (κ1) is 14.8. The number of rotatable bonds is 2. The van der Waals surface area contributed by atoms with E-state index in [1.165, 1.54) is 0 Å². The second-order valence-electron chi connectivity index (χ2n) is 5.62. The fourth-order valence-electron chi connectivity index (χ4n) is 2.71. The molecule has 4 rings (SSSR count). The van der Waals surface area contributed by atoms with E-state index in [9.17, 15) is 10.0 Å². The van der Waals surface area contributed by atoms with Crippen LogP contribution >= 0.6 is 0 Å². The number of oxazole rings is 1. The monoisotopic (exact) mass is 323 g/mol. The van der Waals surface area contributed by atoms with E-state index in [4.69, 9.17) is 4.42 Å². The van der Waals surface area contributed by atoms with Gasteiger partial charge in [0.25, 0.3) is 5.91 Å². The highest BCUT2D eigenvalue weighted by atomic mass is 16.5. The first-order chi connectivity index (χ1) is 11.7. The number of para-hydroxylation sites is 2. The lowest BCUT2D eigenvalue weighted by molar-refractivity contribution is 0.0674. The van der Waals surface area contributed by atoms with Crippen molar-refractivity contribution in [1.82, 2.24) is 19.9 Å². The number of hydrogen-bond donors (Lipinski definition) is 0. The minimum Gasteiger partial charge on any atom is -0.785 e. The smallest absolute Gasteiger partial charge is 0.272 e. The molecule has 0 aliphatic carbocycles. The highest BCUT2D eigenvalue weighted by Crippen LogP contribution is 2.23. The zero-order valence-corrected chi connectivity index (χ0v) is 12.9. The Balaban J connectivity index is 1.62. The third kappa shape index (κ3) is 2.75. The summed E-state index contributed by atoms with van der Waals surface area (Å²) >= 11 is 0. The van der Waals surface area contributed by atoms with Crippen molar-refractivity contribution in [2.75, 3.05) is 26.2 Å². The van der Waals surface area contributed by atoms with Gasteiger partial charge in [-0.25, -0.2) is 9.97 Å². The summed E-state index contributed by atoms with van der Waals surface area (Å²) in [4.78, 5) is 23.0. The summed E-state index contributed by atoms with van der Waals surface area (Å²) in [5, 5.41) is 12.2. The Kier molecular flexibility index (Phi) is 3.72. The van der Waals surface area contributed by atoms with Gasteiger partial charge in [0.05, 0.1) is 0 Å². The van der Waals surface area contributed by atoms with Gasteiger partial charge < -0.3 is 19.6 Å². The van der Waals surface area contributed by atoms with Gasteiger partial charge in [0, 0.05) is 26.2 Å². The molecule has 0 unspecified atom stereocenters. The van der Waals surface area contributed by atoms with Crippen LogP contribution in [0.5, 0.6) is 0 Å². The number of benzene rings is 1. The fourth-order valence-corrected chi connectivity index (χ4v) is 2.71. The second kappa shape index (κ2) is 6.03. The Labute approximate surface area is 138 Å². The van der Waals surface area contributed by atoms with Gasteiger partial charge in [0.1, 0.15) is 16.9 Å². The van der Waals surface area contributed by atoms with Crippen molar-refractivity contribution >= 4 is 17.0 Å². The van der Waals surface area contributed by atoms with Crippen molar-refractivity contribution in [3.05, 3.63) is 53.4 Å². The molecule has 3 aromatic rings. The normalized spacial score (nSPS) is 15.8. The molecule has 1 aromatic carbocycles. The molecule has 0 radical (unpaired) electrons. The van der Waals surface area contributed by atoms with Crippen LogP contribution in [0.15, 0.2) is 46.9 Å². The van der Waals surface area contributed by atoms with Crippen molar-refractivity contribution < 1.29 is 9.21 Å². The summed E-state index contributed by atoms with van der Waals surface area (Å²) in [6, 6.07) is 12.6. The van der Waals surface area contributed by atoms with Crippen LogP contribution in [0.25, 0.3) is 22.7 Å². The molecule has 1 fully saturated rings. The lowest BCUT2D eigenvalue weighted by Crippen LogP contribution is -2.46. The molecule has 122 valence electrons. The van der Waals surface area contributed by atoms with Gasteiger partial charge in [-0.2, -0.15) is 0 Å². The number of aromatic nitrogens is 2. The van der Waals surface area contributed by atoms with E-state index in [-0.39, 0.29) is 5.91 Å². The van der Waals surface area contributed by atoms with E-state index in [1.54, 1.807) is 23.1 Å². The van der Waals surface area contributed by atoms with Crippen molar-refractivity contribution in [2.45, 2.75) is 0 Å². The molecule has 1 amide bonds. The number of amides is 1. The number of piperazine rings is 1. The average Bonchev–Trinajstić information content (AvgIpc) is 3.06. The first-order valence-electron chi connectivity index (χ1n) is 7.75. The maximum Gasteiger partial charge on any atom is 0.272 e. The number of nitrogens with zero attached hydrogens (tertiary/aromatic N) is 4. The summed E-state index contributed by atoms with van der Waals surface area (Å²) < 4.78 is 5.70. The summed E-state index contributed by atoms with van der Waals surface area (Å²) in [6.45, 7) is 1.49. The first-order valence-corrected chi connectivity index (χ1v) is 7.75. The topological polar surface area (TPSA) is 85.5 Å². The number of fused-ring (bicyclic) bond motifs is 1. The number of pyridine rings is 1. The molecular weight excluding hydrogens is 308 g/mol.